The number of ketones is 1. The number of aromatic nitrogens is 1. The maximum Gasteiger partial charge on any atom is 0.157 e. The van der Waals surface area contributed by atoms with Gasteiger partial charge in [0, 0.05) is 18.3 Å². The number of hydrogen-bond acceptors (Lipinski definition) is 3. The molecule has 1 fully saturated rings. The third-order valence-corrected chi connectivity index (χ3v) is 3.85. The molecule has 1 aromatic heterocycles. The number of carbonyl (C=O) groups excluding carboxylic acids is 1. The van der Waals surface area contributed by atoms with Crippen LogP contribution in [0.25, 0.3) is 0 Å². The Balaban J connectivity index is 2.10. The zero-order valence-corrected chi connectivity index (χ0v) is 10.7. The monoisotopic (exact) mass is 242 g/mol. The SMILES string of the molecule is CC1CCC(C(=O)C(C#N)c2cccnc2)CC1. The van der Waals surface area contributed by atoms with Gasteiger partial charge in [0.25, 0.3) is 0 Å². The van der Waals surface area contributed by atoms with Gasteiger partial charge in [0.05, 0.1) is 6.07 Å². The van der Waals surface area contributed by atoms with Gasteiger partial charge in [-0.1, -0.05) is 25.8 Å². The van der Waals surface area contributed by atoms with Crippen LogP contribution < -0.4 is 0 Å². The molecule has 3 nitrogen and oxygen atoms in total. The lowest BCUT2D eigenvalue weighted by molar-refractivity contribution is -0.124. The lowest BCUT2D eigenvalue weighted by Gasteiger charge is -2.26. The highest BCUT2D eigenvalue weighted by molar-refractivity contribution is 5.90. The second kappa shape index (κ2) is 5.77. The lowest BCUT2D eigenvalue weighted by atomic mass is 9.77. The van der Waals surface area contributed by atoms with Crippen LogP contribution in [-0.4, -0.2) is 10.8 Å². The first-order chi connectivity index (χ1) is 8.72. The first-order valence-electron chi connectivity index (χ1n) is 6.55. The Morgan fingerprint density at radius 2 is 2.17 bits per heavy atom. The van der Waals surface area contributed by atoms with Crippen LogP contribution in [0.15, 0.2) is 24.5 Å². The van der Waals surface area contributed by atoms with Crippen LogP contribution in [0.2, 0.25) is 0 Å². The Labute approximate surface area is 108 Å². The predicted molar refractivity (Wildman–Crippen MR) is 68.7 cm³/mol. The minimum atomic E-state index is -0.642. The second-order valence-corrected chi connectivity index (χ2v) is 5.21. The van der Waals surface area contributed by atoms with Crippen molar-refractivity contribution in [3.05, 3.63) is 30.1 Å². The van der Waals surface area contributed by atoms with Crippen molar-refractivity contribution in [3.8, 4) is 6.07 Å². The molecule has 0 saturated heterocycles. The van der Waals surface area contributed by atoms with E-state index in [1.807, 2.05) is 6.07 Å². The molecule has 18 heavy (non-hydrogen) atoms. The summed E-state index contributed by atoms with van der Waals surface area (Å²) in [6, 6.07) is 5.72. The van der Waals surface area contributed by atoms with Crippen molar-refractivity contribution in [3.63, 3.8) is 0 Å². The molecule has 1 unspecified atom stereocenters. The molecule has 1 aliphatic carbocycles. The van der Waals surface area contributed by atoms with Crippen molar-refractivity contribution in [2.45, 2.75) is 38.5 Å². The number of hydrogen-bond donors (Lipinski definition) is 0. The molecule has 1 saturated carbocycles. The molecule has 1 atom stereocenters. The van der Waals surface area contributed by atoms with Crippen LogP contribution >= 0.6 is 0 Å². The summed E-state index contributed by atoms with van der Waals surface area (Å²) in [5, 5.41) is 9.23. The molecule has 3 heteroatoms. The normalized spacial score (nSPS) is 25.1. The highest BCUT2D eigenvalue weighted by atomic mass is 16.1. The molecular formula is C15H18N2O. The maximum absolute atomic E-state index is 12.4. The standard InChI is InChI=1S/C15H18N2O/c1-11-4-6-12(7-5-11)15(18)14(9-16)13-3-2-8-17-10-13/h2-3,8,10-12,14H,4-7H2,1H3. The van der Waals surface area contributed by atoms with Gasteiger partial charge >= 0.3 is 0 Å². The molecule has 0 spiro atoms. The van der Waals surface area contributed by atoms with Crippen LogP contribution in [0.3, 0.4) is 0 Å². The third kappa shape index (κ3) is 2.76. The van der Waals surface area contributed by atoms with E-state index in [0.29, 0.717) is 5.92 Å². The quantitative estimate of drug-likeness (QED) is 0.818. The van der Waals surface area contributed by atoms with Crippen molar-refractivity contribution in [2.24, 2.45) is 11.8 Å². The van der Waals surface area contributed by atoms with E-state index in [9.17, 15) is 10.1 Å². The minimum absolute atomic E-state index is 0.0612. The topological polar surface area (TPSA) is 53.8 Å². The molecule has 1 aliphatic rings. The summed E-state index contributed by atoms with van der Waals surface area (Å²) in [4.78, 5) is 16.4. The first-order valence-corrected chi connectivity index (χ1v) is 6.55. The smallest absolute Gasteiger partial charge is 0.157 e. The van der Waals surface area contributed by atoms with Gasteiger partial charge in [-0.3, -0.25) is 9.78 Å². The number of pyridine rings is 1. The maximum atomic E-state index is 12.4. The fourth-order valence-corrected chi connectivity index (χ4v) is 2.63. The van der Waals surface area contributed by atoms with Gasteiger partial charge in [0.15, 0.2) is 5.78 Å². The van der Waals surface area contributed by atoms with Crippen LogP contribution in [0.4, 0.5) is 0 Å². The van der Waals surface area contributed by atoms with Crippen LogP contribution in [-0.2, 0) is 4.79 Å². The second-order valence-electron chi connectivity index (χ2n) is 5.21. The molecule has 0 N–H and O–H groups in total. The molecule has 0 aliphatic heterocycles. The first kappa shape index (κ1) is 12.8. The van der Waals surface area contributed by atoms with E-state index < -0.39 is 5.92 Å². The number of rotatable bonds is 3. The summed E-state index contributed by atoms with van der Waals surface area (Å²) < 4.78 is 0. The van der Waals surface area contributed by atoms with Crippen LogP contribution in [0, 0.1) is 23.2 Å². The van der Waals surface area contributed by atoms with E-state index in [-0.39, 0.29) is 11.7 Å². The summed E-state index contributed by atoms with van der Waals surface area (Å²) in [5.74, 6) is 0.216. The fourth-order valence-electron chi connectivity index (χ4n) is 2.63. The Bertz CT molecular complexity index is 441. The zero-order valence-electron chi connectivity index (χ0n) is 10.7. The summed E-state index contributed by atoms with van der Waals surface area (Å²) in [7, 11) is 0. The third-order valence-electron chi connectivity index (χ3n) is 3.85. The van der Waals surface area contributed by atoms with Crippen LogP contribution in [0.5, 0.6) is 0 Å². The van der Waals surface area contributed by atoms with E-state index in [4.69, 9.17) is 0 Å². The van der Waals surface area contributed by atoms with Crippen molar-refractivity contribution >= 4 is 5.78 Å². The van der Waals surface area contributed by atoms with E-state index in [1.165, 1.54) is 0 Å². The predicted octanol–water partition coefficient (Wildman–Crippen LogP) is 3.08. The van der Waals surface area contributed by atoms with Crippen molar-refractivity contribution in [2.75, 3.05) is 0 Å². The number of nitriles is 1. The van der Waals surface area contributed by atoms with Gasteiger partial charge in [-0.2, -0.15) is 5.26 Å². The molecular weight excluding hydrogens is 224 g/mol. The van der Waals surface area contributed by atoms with Crippen molar-refractivity contribution in [1.82, 2.24) is 4.98 Å². The average molecular weight is 242 g/mol. The van der Waals surface area contributed by atoms with E-state index >= 15 is 0 Å². The molecule has 94 valence electrons. The van der Waals surface area contributed by atoms with Gasteiger partial charge in [0.1, 0.15) is 5.92 Å². The highest BCUT2D eigenvalue weighted by Crippen LogP contribution is 2.32. The van der Waals surface area contributed by atoms with Gasteiger partial charge in [-0.05, 0) is 30.4 Å². The van der Waals surface area contributed by atoms with Gasteiger partial charge in [0.2, 0.25) is 0 Å². The van der Waals surface area contributed by atoms with E-state index in [1.54, 1.807) is 18.5 Å². The zero-order chi connectivity index (χ0) is 13.0. The molecule has 0 radical (unpaired) electrons. The largest absolute Gasteiger partial charge is 0.298 e. The fraction of sp³-hybridized carbons (Fsp3) is 0.533. The molecule has 1 aromatic rings. The molecule has 0 aromatic carbocycles. The van der Waals surface area contributed by atoms with Crippen molar-refractivity contribution in [1.29, 1.82) is 5.26 Å². The Morgan fingerprint density at radius 1 is 1.44 bits per heavy atom. The Morgan fingerprint density at radius 3 is 2.72 bits per heavy atom. The number of nitrogens with zero attached hydrogens (tertiary/aromatic N) is 2. The highest BCUT2D eigenvalue weighted by Gasteiger charge is 2.30. The van der Waals surface area contributed by atoms with Crippen molar-refractivity contribution < 1.29 is 4.79 Å². The molecule has 0 bridgehead atoms. The molecule has 0 amide bonds. The Kier molecular flexibility index (Phi) is 4.09. The number of Topliss-reactive ketones (excluding diaryl/α,β-unsaturated/α-hetero) is 1. The molecule has 2 rings (SSSR count). The summed E-state index contributed by atoms with van der Waals surface area (Å²) in [6.07, 6.45) is 7.34. The van der Waals surface area contributed by atoms with Crippen LogP contribution in [0.1, 0.15) is 44.1 Å². The lowest BCUT2D eigenvalue weighted by Crippen LogP contribution is -2.25. The molecule has 1 heterocycles. The van der Waals surface area contributed by atoms with E-state index in [0.717, 1.165) is 31.2 Å². The van der Waals surface area contributed by atoms with Gasteiger partial charge in [-0.15, -0.1) is 0 Å². The summed E-state index contributed by atoms with van der Waals surface area (Å²) in [6.45, 7) is 2.23. The summed E-state index contributed by atoms with van der Waals surface area (Å²) in [5.41, 5.74) is 0.726. The van der Waals surface area contributed by atoms with Gasteiger partial charge < -0.3 is 0 Å². The van der Waals surface area contributed by atoms with Gasteiger partial charge in [-0.25, -0.2) is 0 Å². The average Bonchev–Trinajstić information content (AvgIpc) is 2.41. The summed E-state index contributed by atoms with van der Waals surface area (Å²) >= 11 is 0. The minimum Gasteiger partial charge on any atom is -0.298 e. The van der Waals surface area contributed by atoms with E-state index in [2.05, 4.69) is 18.0 Å². The Hall–Kier alpha value is -1.69. The number of carbonyl (C=O) groups is 1.